The number of amides is 3. The monoisotopic (exact) mass is 457 g/mol. The van der Waals surface area contributed by atoms with Gasteiger partial charge in [-0.1, -0.05) is 17.7 Å². The minimum atomic E-state index is -0.752. The predicted molar refractivity (Wildman–Crippen MR) is 118 cm³/mol. The molecule has 0 aliphatic heterocycles. The first-order valence-electron chi connectivity index (χ1n) is 9.25. The molecule has 0 aliphatic rings. The van der Waals surface area contributed by atoms with Gasteiger partial charge in [-0.2, -0.15) is 0 Å². The Labute approximate surface area is 189 Å². The zero-order valence-corrected chi connectivity index (χ0v) is 18.2. The number of hydrogen-bond acceptors (Lipinski definition) is 7. The van der Waals surface area contributed by atoms with Crippen LogP contribution < -0.4 is 29.6 Å². The number of ether oxygens (including phenoxy) is 4. The number of nitrogens with zero attached hydrogens (tertiary/aromatic N) is 1. The van der Waals surface area contributed by atoms with Gasteiger partial charge in [-0.3, -0.25) is 10.1 Å². The van der Waals surface area contributed by atoms with Gasteiger partial charge in [0.05, 0.1) is 33.2 Å². The molecule has 3 aromatic rings. The molecule has 0 spiro atoms. The van der Waals surface area contributed by atoms with E-state index in [9.17, 15) is 9.59 Å². The second-order valence-corrected chi connectivity index (χ2v) is 6.70. The molecule has 0 bridgehead atoms. The van der Waals surface area contributed by atoms with Crippen LogP contribution >= 0.6 is 11.6 Å². The molecule has 0 radical (unpaired) electrons. The van der Waals surface area contributed by atoms with Crippen LogP contribution in [0.25, 0.3) is 0 Å². The molecule has 3 amide bonds. The highest BCUT2D eigenvalue weighted by Gasteiger charge is 2.20. The first kappa shape index (κ1) is 22.7. The average Bonchev–Trinajstić information content (AvgIpc) is 2.79. The number of carbonyl (C=O) groups excluding carboxylic acids is 2. The number of pyridine rings is 1. The van der Waals surface area contributed by atoms with Gasteiger partial charge in [0.15, 0.2) is 0 Å². The van der Waals surface area contributed by atoms with Crippen LogP contribution in [0.4, 0.5) is 10.5 Å². The fourth-order valence-corrected chi connectivity index (χ4v) is 2.97. The van der Waals surface area contributed by atoms with Crippen LogP contribution in [0.1, 0.15) is 10.4 Å². The average molecular weight is 458 g/mol. The SMILES string of the molecule is COc1cc(Cl)cc(Oc2ccc(NC(=O)NC(=O)c3c(OC)cccc3OC)cn2)c1. The van der Waals surface area contributed by atoms with Crippen molar-refractivity contribution in [3.8, 4) is 28.9 Å². The number of urea groups is 1. The van der Waals surface area contributed by atoms with Crippen molar-refractivity contribution >= 4 is 29.2 Å². The molecule has 10 heteroatoms. The van der Waals surface area contributed by atoms with Gasteiger partial charge in [0.1, 0.15) is 28.6 Å². The molecule has 0 saturated heterocycles. The van der Waals surface area contributed by atoms with Crippen molar-refractivity contribution in [3.63, 3.8) is 0 Å². The van der Waals surface area contributed by atoms with Crippen molar-refractivity contribution in [3.05, 3.63) is 65.3 Å². The molecule has 9 nitrogen and oxygen atoms in total. The van der Waals surface area contributed by atoms with Crippen LogP contribution in [0, 0.1) is 0 Å². The van der Waals surface area contributed by atoms with Gasteiger partial charge < -0.3 is 24.3 Å². The smallest absolute Gasteiger partial charge is 0.326 e. The summed E-state index contributed by atoms with van der Waals surface area (Å²) < 4.78 is 21.2. The number of halogens is 1. The minimum Gasteiger partial charge on any atom is -0.497 e. The highest BCUT2D eigenvalue weighted by Crippen LogP contribution is 2.29. The third-order valence-electron chi connectivity index (χ3n) is 4.18. The second-order valence-electron chi connectivity index (χ2n) is 6.26. The number of imide groups is 1. The molecular weight excluding hydrogens is 438 g/mol. The highest BCUT2D eigenvalue weighted by molar-refractivity contribution is 6.30. The van der Waals surface area contributed by atoms with Gasteiger partial charge in [-0.25, -0.2) is 9.78 Å². The zero-order valence-electron chi connectivity index (χ0n) is 17.5. The summed E-state index contributed by atoms with van der Waals surface area (Å²) in [4.78, 5) is 29.0. The number of anilines is 1. The third-order valence-corrected chi connectivity index (χ3v) is 4.40. The Morgan fingerprint density at radius 1 is 0.906 bits per heavy atom. The lowest BCUT2D eigenvalue weighted by Gasteiger charge is -2.13. The fraction of sp³-hybridized carbons (Fsp3) is 0.136. The van der Waals surface area contributed by atoms with Crippen molar-refractivity contribution in [2.75, 3.05) is 26.6 Å². The Kier molecular flexibility index (Phi) is 7.35. The zero-order chi connectivity index (χ0) is 23.1. The van der Waals surface area contributed by atoms with Crippen molar-refractivity contribution in [1.82, 2.24) is 10.3 Å². The normalized spacial score (nSPS) is 10.1. The predicted octanol–water partition coefficient (Wildman–Crippen LogP) is 4.52. The number of hydrogen-bond donors (Lipinski definition) is 2. The van der Waals surface area contributed by atoms with Gasteiger partial charge in [0, 0.05) is 17.2 Å². The lowest BCUT2D eigenvalue weighted by Crippen LogP contribution is -2.34. The number of nitrogens with one attached hydrogen (secondary N) is 2. The van der Waals surface area contributed by atoms with Gasteiger partial charge in [-0.15, -0.1) is 0 Å². The number of rotatable bonds is 7. The van der Waals surface area contributed by atoms with Crippen molar-refractivity contribution in [2.45, 2.75) is 0 Å². The first-order valence-corrected chi connectivity index (χ1v) is 9.63. The van der Waals surface area contributed by atoms with Crippen LogP contribution in [0.5, 0.6) is 28.9 Å². The summed E-state index contributed by atoms with van der Waals surface area (Å²) in [7, 11) is 4.36. The molecule has 0 fully saturated rings. The van der Waals surface area contributed by atoms with E-state index >= 15 is 0 Å². The van der Waals surface area contributed by atoms with Crippen LogP contribution in [-0.4, -0.2) is 38.3 Å². The van der Waals surface area contributed by atoms with Crippen LogP contribution in [0.15, 0.2) is 54.7 Å². The Bertz CT molecular complexity index is 1100. The summed E-state index contributed by atoms with van der Waals surface area (Å²) in [5.41, 5.74) is 0.449. The number of benzene rings is 2. The molecule has 0 unspecified atom stereocenters. The Hall–Kier alpha value is -3.98. The van der Waals surface area contributed by atoms with Crippen LogP contribution in [0.2, 0.25) is 5.02 Å². The van der Waals surface area contributed by atoms with Gasteiger partial charge >= 0.3 is 6.03 Å². The summed E-state index contributed by atoms with van der Waals surface area (Å²) >= 11 is 6.02. The summed E-state index contributed by atoms with van der Waals surface area (Å²) in [5, 5.41) is 5.20. The molecule has 2 aromatic carbocycles. The Morgan fingerprint density at radius 2 is 1.59 bits per heavy atom. The molecule has 2 N–H and O–H groups in total. The lowest BCUT2D eigenvalue weighted by molar-refractivity contribution is 0.0961. The molecule has 166 valence electrons. The molecule has 1 aromatic heterocycles. The van der Waals surface area contributed by atoms with Crippen molar-refractivity contribution < 1.29 is 28.5 Å². The lowest BCUT2D eigenvalue weighted by atomic mass is 10.1. The molecule has 32 heavy (non-hydrogen) atoms. The maximum absolute atomic E-state index is 12.6. The number of carbonyl (C=O) groups is 2. The van der Waals surface area contributed by atoms with Gasteiger partial charge in [0.25, 0.3) is 5.91 Å². The van der Waals surface area contributed by atoms with E-state index < -0.39 is 11.9 Å². The van der Waals surface area contributed by atoms with Crippen LogP contribution in [-0.2, 0) is 0 Å². The third kappa shape index (κ3) is 5.58. The van der Waals surface area contributed by atoms with Crippen LogP contribution in [0.3, 0.4) is 0 Å². The summed E-state index contributed by atoms with van der Waals surface area (Å²) in [6.45, 7) is 0. The fourth-order valence-electron chi connectivity index (χ4n) is 2.75. The van der Waals surface area contributed by atoms with E-state index in [-0.39, 0.29) is 22.9 Å². The van der Waals surface area contributed by atoms with Crippen molar-refractivity contribution in [1.29, 1.82) is 0 Å². The topological polar surface area (TPSA) is 108 Å². The van der Waals surface area contributed by atoms with E-state index in [0.717, 1.165) is 0 Å². The summed E-state index contributed by atoms with van der Waals surface area (Å²) in [6, 6.07) is 12.1. The molecule has 3 rings (SSSR count). The molecule has 0 saturated carbocycles. The quantitative estimate of drug-likeness (QED) is 0.537. The standard InChI is InChI=1S/C22H20ClN3O6/c1-29-15-9-13(23)10-16(11-15)32-19-8-7-14(12-24-19)25-22(28)26-21(27)20-17(30-2)5-4-6-18(20)31-3/h4-12H,1-3H3,(H2,25,26,27,28). The highest BCUT2D eigenvalue weighted by atomic mass is 35.5. The number of methoxy groups -OCH3 is 3. The van der Waals surface area contributed by atoms with E-state index in [2.05, 4.69) is 15.6 Å². The minimum absolute atomic E-state index is 0.103. The maximum atomic E-state index is 12.6. The van der Waals surface area contributed by atoms with E-state index in [1.807, 2.05) is 0 Å². The second kappa shape index (κ2) is 10.4. The number of aromatic nitrogens is 1. The maximum Gasteiger partial charge on any atom is 0.326 e. The Morgan fingerprint density at radius 3 is 2.19 bits per heavy atom. The summed E-state index contributed by atoms with van der Waals surface area (Å²) in [6.07, 6.45) is 1.38. The Balaban J connectivity index is 1.64. The van der Waals surface area contributed by atoms with Gasteiger partial charge in [-0.05, 0) is 30.3 Å². The van der Waals surface area contributed by atoms with Gasteiger partial charge in [0.2, 0.25) is 5.88 Å². The molecule has 1 heterocycles. The largest absolute Gasteiger partial charge is 0.497 e. The van der Waals surface area contributed by atoms with E-state index in [4.69, 9.17) is 30.5 Å². The van der Waals surface area contributed by atoms with E-state index in [1.54, 1.807) is 48.5 Å². The van der Waals surface area contributed by atoms with E-state index in [1.165, 1.54) is 27.5 Å². The molecular formula is C22H20ClN3O6. The molecule has 0 atom stereocenters. The van der Waals surface area contributed by atoms with E-state index in [0.29, 0.717) is 22.2 Å². The first-order chi connectivity index (χ1) is 15.4. The van der Waals surface area contributed by atoms with Crippen molar-refractivity contribution in [2.24, 2.45) is 0 Å². The summed E-state index contributed by atoms with van der Waals surface area (Å²) in [5.74, 6) is 1.12. The molecule has 0 aliphatic carbocycles.